The van der Waals surface area contributed by atoms with E-state index < -0.39 is 0 Å². The summed E-state index contributed by atoms with van der Waals surface area (Å²) in [5, 5.41) is 10.1. The molecule has 0 spiro atoms. The standard InChI is InChI=1S/C13H21N3O2/c1-8-4-5-14-12(6-8)13(17)15-7-11-9(2)16-18-10(11)3/h8,12,14H,4-7H2,1-3H3,(H,15,17). The normalized spacial score (nSPS) is 23.9. The maximum absolute atomic E-state index is 12.0. The lowest BCUT2D eigenvalue weighted by Gasteiger charge is -2.27. The van der Waals surface area contributed by atoms with Gasteiger partial charge in [0.1, 0.15) is 5.76 Å². The van der Waals surface area contributed by atoms with Crippen molar-refractivity contribution in [1.29, 1.82) is 0 Å². The van der Waals surface area contributed by atoms with Crippen LogP contribution in [0.4, 0.5) is 0 Å². The molecule has 0 aromatic carbocycles. The molecule has 0 aliphatic carbocycles. The number of nitrogens with zero attached hydrogens (tertiary/aromatic N) is 1. The number of piperidine rings is 1. The first-order valence-electron chi connectivity index (χ1n) is 6.50. The molecule has 1 aliphatic rings. The number of nitrogens with one attached hydrogen (secondary N) is 2. The minimum Gasteiger partial charge on any atom is -0.361 e. The van der Waals surface area contributed by atoms with Gasteiger partial charge in [-0.2, -0.15) is 0 Å². The van der Waals surface area contributed by atoms with Crippen molar-refractivity contribution in [3.8, 4) is 0 Å². The van der Waals surface area contributed by atoms with Crippen molar-refractivity contribution in [2.75, 3.05) is 6.54 Å². The molecule has 2 atom stereocenters. The highest BCUT2D eigenvalue weighted by atomic mass is 16.5. The molecule has 2 unspecified atom stereocenters. The molecule has 1 aliphatic heterocycles. The van der Waals surface area contributed by atoms with Gasteiger partial charge in [-0.25, -0.2) is 0 Å². The Labute approximate surface area is 107 Å². The average molecular weight is 251 g/mol. The van der Waals surface area contributed by atoms with Gasteiger partial charge < -0.3 is 15.2 Å². The topological polar surface area (TPSA) is 67.2 Å². The number of hydrogen-bond acceptors (Lipinski definition) is 4. The van der Waals surface area contributed by atoms with Gasteiger partial charge >= 0.3 is 0 Å². The number of hydrogen-bond donors (Lipinski definition) is 2. The zero-order valence-corrected chi connectivity index (χ0v) is 11.2. The van der Waals surface area contributed by atoms with E-state index in [0.29, 0.717) is 12.5 Å². The Hall–Kier alpha value is -1.36. The van der Waals surface area contributed by atoms with Gasteiger partial charge in [-0.15, -0.1) is 0 Å². The molecule has 1 aromatic rings. The molecule has 0 radical (unpaired) electrons. The molecule has 1 aromatic heterocycles. The van der Waals surface area contributed by atoms with Crippen molar-refractivity contribution in [3.05, 3.63) is 17.0 Å². The number of carbonyl (C=O) groups is 1. The molecule has 1 saturated heterocycles. The summed E-state index contributed by atoms with van der Waals surface area (Å²) in [6, 6.07) is -0.0609. The molecule has 0 bridgehead atoms. The van der Waals surface area contributed by atoms with E-state index in [9.17, 15) is 4.79 Å². The van der Waals surface area contributed by atoms with Gasteiger partial charge in [0.05, 0.1) is 11.7 Å². The average Bonchev–Trinajstić information content (AvgIpc) is 2.66. The van der Waals surface area contributed by atoms with E-state index in [-0.39, 0.29) is 11.9 Å². The van der Waals surface area contributed by atoms with Crippen molar-refractivity contribution in [1.82, 2.24) is 15.8 Å². The van der Waals surface area contributed by atoms with Crippen LogP contribution in [0.1, 0.15) is 36.8 Å². The summed E-state index contributed by atoms with van der Waals surface area (Å²) in [7, 11) is 0. The van der Waals surface area contributed by atoms with Crippen molar-refractivity contribution in [2.45, 2.75) is 46.2 Å². The second-order valence-electron chi connectivity index (χ2n) is 5.16. The maximum Gasteiger partial charge on any atom is 0.237 e. The minimum atomic E-state index is -0.0609. The molecule has 2 N–H and O–H groups in total. The van der Waals surface area contributed by atoms with Gasteiger partial charge in [0, 0.05) is 12.1 Å². The van der Waals surface area contributed by atoms with Crippen molar-refractivity contribution in [2.24, 2.45) is 5.92 Å². The Balaban J connectivity index is 1.88. The first kappa shape index (κ1) is 13.1. The van der Waals surface area contributed by atoms with E-state index >= 15 is 0 Å². The molecule has 100 valence electrons. The van der Waals surface area contributed by atoms with E-state index in [1.165, 1.54) is 0 Å². The fourth-order valence-corrected chi connectivity index (χ4v) is 2.36. The molecule has 5 nitrogen and oxygen atoms in total. The third-order valence-electron chi connectivity index (χ3n) is 3.60. The van der Waals surface area contributed by atoms with Gasteiger partial charge in [-0.3, -0.25) is 4.79 Å². The number of aromatic nitrogens is 1. The molecule has 18 heavy (non-hydrogen) atoms. The highest BCUT2D eigenvalue weighted by Crippen LogP contribution is 2.16. The lowest BCUT2D eigenvalue weighted by atomic mass is 9.94. The van der Waals surface area contributed by atoms with Crippen molar-refractivity contribution in [3.63, 3.8) is 0 Å². The Morgan fingerprint density at radius 2 is 2.33 bits per heavy atom. The smallest absolute Gasteiger partial charge is 0.237 e. The summed E-state index contributed by atoms with van der Waals surface area (Å²) >= 11 is 0. The Morgan fingerprint density at radius 3 is 2.94 bits per heavy atom. The summed E-state index contributed by atoms with van der Waals surface area (Å²) in [4.78, 5) is 12.0. The van der Waals surface area contributed by atoms with Gasteiger partial charge in [-0.05, 0) is 39.2 Å². The summed E-state index contributed by atoms with van der Waals surface area (Å²) in [6.07, 6.45) is 2.06. The number of aryl methyl sites for hydroxylation is 2. The van der Waals surface area contributed by atoms with Crippen LogP contribution in [0.3, 0.4) is 0 Å². The van der Waals surface area contributed by atoms with Crippen molar-refractivity contribution < 1.29 is 9.32 Å². The number of carbonyl (C=O) groups excluding carboxylic acids is 1. The molecule has 2 rings (SSSR count). The van der Waals surface area contributed by atoms with Gasteiger partial charge in [0.2, 0.25) is 5.91 Å². The predicted molar refractivity (Wildman–Crippen MR) is 68.0 cm³/mol. The van der Waals surface area contributed by atoms with E-state index in [0.717, 1.165) is 36.4 Å². The molecular formula is C13H21N3O2. The summed E-state index contributed by atoms with van der Waals surface area (Å²) in [5.74, 6) is 1.46. The summed E-state index contributed by atoms with van der Waals surface area (Å²) in [5.41, 5.74) is 1.82. The van der Waals surface area contributed by atoms with Crippen LogP contribution < -0.4 is 10.6 Å². The zero-order chi connectivity index (χ0) is 13.1. The summed E-state index contributed by atoms with van der Waals surface area (Å²) in [6.45, 7) is 7.36. The molecule has 2 heterocycles. The lowest BCUT2D eigenvalue weighted by molar-refractivity contribution is -0.124. The first-order valence-corrected chi connectivity index (χ1v) is 6.50. The van der Waals surface area contributed by atoms with Crippen LogP contribution in [0.25, 0.3) is 0 Å². The highest BCUT2D eigenvalue weighted by Gasteiger charge is 2.24. The predicted octanol–water partition coefficient (Wildman–Crippen LogP) is 1.30. The van der Waals surface area contributed by atoms with E-state index in [1.54, 1.807) is 0 Å². The maximum atomic E-state index is 12.0. The summed E-state index contributed by atoms with van der Waals surface area (Å²) < 4.78 is 5.07. The van der Waals surface area contributed by atoms with Crippen LogP contribution in [0.5, 0.6) is 0 Å². The van der Waals surface area contributed by atoms with Gasteiger partial charge in [0.15, 0.2) is 0 Å². The Kier molecular flexibility index (Phi) is 4.01. The molecule has 5 heteroatoms. The van der Waals surface area contributed by atoms with Crippen LogP contribution in [0.2, 0.25) is 0 Å². The van der Waals surface area contributed by atoms with Crippen LogP contribution in [0.15, 0.2) is 4.52 Å². The van der Waals surface area contributed by atoms with Crippen LogP contribution >= 0.6 is 0 Å². The van der Waals surface area contributed by atoms with Crippen LogP contribution in [-0.4, -0.2) is 23.7 Å². The third-order valence-corrected chi connectivity index (χ3v) is 3.60. The largest absolute Gasteiger partial charge is 0.361 e. The van der Waals surface area contributed by atoms with Crippen molar-refractivity contribution >= 4 is 5.91 Å². The zero-order valence-electron chi connectivity index (χ0n) is 11.2. The monoisotopic (exact) mass is 251 g/mol. The second kappa shape index (κ2) is 5.52. The van der Waals surface area contributed by atoms with E-state index in [2.05, 4.69) is 22.7 Å². The first-order chi connectivity index (χ1) is 8.58. The second-order valence-corrected chi connectivity index (χ2v) is 5.16. The van der Waals surface area contributed by atoms with Crippen LogP contribution in [0, 0.1) is 19.8 Å². The third kappa shape index (κ3) is 2.90. The quantitative estimate of drug-likeness (QED) is 0.849. The van der Waals surface area contributed by atoms with E-state index in [1.807, 2.05) is 13.8 Å². The molecule has 0 saturated carbocycles. The van der Waals surface area contributed by atoms with Gasteiger partial charge in [-0.1, -0.05) is 12.1 Å². The number of amides is 1. The Bertz CT molecular complexity index is 408. The fourth-order valence-electron chi connectivity index (χ4n) is 2.36. The SMILES string of the molecule is Cc1noc(C)c1CNC(=O)C1CC(C)CCN1. The van der Waals surface area contributed by atoms with Crippen LogP contribution in [-0.2, 0) is 11.3 Å². The molecule has 1 fully saturated rings. The number of rotatable bonds is 3. The minimum absolute atomic E-state index is 0.0609. The molecule has 1 amide bonds. The Morgan fingerprint density at radius 1 is 1.56 bits per heavy atom. The van der Waals surface area contributed by atoms with E-state index in [4.69, 9.17) is 4.52 Å². The fraction of sp³-hybridized carbons (Fsp3) is 0.692. The highest BCUT2D eigenvalue weighted by molar-refractivity contribution is 5.81. The van der Waals surface area contributed by atoms with Gasteiger partial charge in [0.25, 0.3) is 0 Å². The molecular weight excluding hydrogens is 230 g/mol. The lowest BCUT2D eigenvalue weighted by Crippen LogP contribution is -2.48.